The van der Waals surface area contributed by atoms with Gasteiger partial charge in [-0.1, -0.05) is 60.7 Å². The van der Waals surface area contributed by atoms with Crippen molar-refractivity contribution in [2.24, 2.45) is 5.73 Å². The van der Waals surface area contributed by atoms with Crippen molar-refractivity contribution in [1.29, 1.82) is 0 Å². The summed E-state index contributed by atoms with van der Waals surface area (Å²) in [5, 5.41) is 0. The molecule has 2 N–H and O–H groups in total. The lowest BCUT2D eigenvalue weighted by molar-refractivity contribution is -0.00000285. The van der Waals surface area contributed by atoms with Crippen molar-refractivity contribution < 1.29 is 12.4 Å². The van der Waals surface area contributed by atoms with Crippen molar-refractivity contribution in [3.05, 3.63) is 71.8 Å². The Kier molecular flexibility index (Phi) is 4.35. The Hall–Kier alpha value is -1.31. The van der Waals surface area contributed by atoms with Gasteiger partial charge in [0.1, 0.15) is 0 Å². The molecule has 0 saturated heterocycles. The van der Waals surface area contributed by atoms with Crippen LogP contribution < -0.4 is 18.1 Å². The topological polar surface area (TPSA) is 26.0 Å². The van der Waals surface area contributed by atoms with E-state index in [-0.39, 0.29) is 18.4 Å². The molecule has 0 amide bonds. The van der Waals surface area contributed by atoms with E-state index in [1.165, 1.54) is 0 Å². The van der Waals surface area contributed by atoms with Gasteiger partial charge in [-0.2, -0.15) is 0 Å². The van der Waals surface area contributed by atoms with Crippen LogP contribution in [-0.4, -0.2) is 0 Å². The van der Waals surface area contributed by atoms with Crippen molar-refractivity contribution in [1.82, 2.24) is 0 Å². The highest BCUT2D eigenvalue weighted by molar-refractivity contribution is 5.30. The van der Waals surface area contributed by atoms with Crippen LogP contribution in [0.2, 0.25) is 0 Å². The highest BCUT2D eigenvalue weighted by Crippen LogP contribution is 2.18. The first kappa shape index (κ1) is 11.8. The second kappa shape index (κ2) is 5.54. The van der Waals surface area contributed by atoms with E-state index in [4.69, 9.17) is 5.73 Å². The van der Waals surface area contributed by atoms with Crippen LogP contribution in [0.4, 0.5) is 0 Å². The molecule has 2 aromatic carbocycles. The molecule has 0 aliphatic carbocycles. The summed E-state index contributed by atoms with van der Waals surface area (Å²) in [6, 6.07) is 20.2. The molecule has 0 aliphatic rings. The molecule has 0 saturated carbocycles. The van der Waals surface area contributed by atoms with Crippen LogP contribution in [0.15, 0.2) is 60.7 Å². The lowest BCUT2D eigenvalue weighted by Gasteiger charge is -2.11. The third-order valence-corrected chi connectivity index (χ3v) is 2.32. The third-order valence-electron chi connectivity index (χ3n) is 2.32. The average molecular weight is 219 g/mol. The third kappa shape index (κ3) is 2.82. The second-order valence-corrected chi connectivity index (χ2v) is 3.30. The predicted octanol–water partition coefficient (Wildman–Crippen LogP) is -0.261. The van der Waals surface area contributed by atoms with Crippen LogP contribution in [0, 0.1) is 0 Å². The number of rotatable bonds is 2. The first-order chi connectivity index (χ1) is 6.88. The summed E-state index contributed by atoms with van der Waals surface area (Å²) in [7, 11) is 0. The zero-order chi connectivity index (χ0) is 9.80. The van der Waals surface area contributed by atoms with Crippen LogP contribution in [0.3, 0.4) is 0 Å². The number of benzene rings is 2. The molecule has 0 atom stereocenters. The minimum atomic E-state index is -0.0163. The van der Waals surface area contributed by atoms with Gasteiger partial charge in [0.2, 0.25) is 0 Å². The summed E-state index contributed by atoms with van der Waals surface area (Å²) < 4.78 is 0. The molecule has 0 heterocycles. The summed E-state index contributed by atoms with van der Waals surface area (Å²) in [5.41, 5.74) is 8.42. The molecular formula is C13H13ClN-. The van der Waals surface area contributed by atoms with Crippen molar-refractivity contribution in [2.45, 2.75) is 6.04 Å². The van der Waals surface area contributed by atoms with Crippen molar-refractivity contribution in [2.75, 3.05) is 0 Å². The molecule has 2 heteroatoms. The smallest absolute Gasteiger partial charge is 0.0551 e. The summed E-state index contributed by atoms with van der Waals surface area (Å²) in [5.74, 6) is 0. The largest absolute Gasteiger partial charge is 1.00 e. The number of nitrogens with two attached hydrogens (primary N) is 1. The predicted molar refractivity (Wildman–Crippen MR) is 58.9 cm³/mol. The van der Waals surface area contributed by atoms with E-state index in [2.05, 4.69) is 24.3 Å². The molecule has 0 aliphatic heterocycles. The van der Waals surface area contributed by atoms with Crippen LogP contribution in [0.25, 0.3) is 0 Å². The monoisotopic (exact) mass is 218 g/mol. The van der Waals surface area contributed by atoms with Crippen LogP contribution in [-0.2, 0) is 0 Å². The zero-order valence-corrected chi connectivity index (χ0v) is 9.06. The van der Waals surface area contributed by atoms with Gasteiger partial charge in [0, 0.05) is 0 Å². The second-order valence-electron chi connectivity index (χ2n) is 3.30. The Morgan fingerprint density at radius 2 is 1.00 bits per heavy atom. The maximum atomic E-state index is 6.12. The molecule has 2 rings (SSSR count). The normalized spacial score (nSPS) is 9.73. The van der Waals surface area contributed by atoms with Crippen LogP contribution in [0.1, 0.15) is 17.2 Å². The minimum absolute atomic E-state index is 0. The van der Waals surface area contributed by atoms with Gasteiger partial charge in [0.05, 0.1) is 6.04 Å². The molecule has 0 fully saturated rings. The van der Waals surface area contributed by atoms with E-state index in [0.29, 0.717) is 0 Å². The van der Waals surface area contributed by atoms with Gasteiger partial charge in [-0.05, 0) is 11.1 Å². The van der Waals surface area contributed by atoms with Gasteiger partial charge in [0.15, 0.2) is 0 Å². The van der Waals surface area contributed by atoms with E-state index in [0.717, 1.165) is 11.1 Å². The SMILES string of the molecule is NC(c1ccccc1)c1ccccc1.[Cl-]. The molecule has 2 aromatic rings. The molecule has 0 aromatic heterocycles. The summed E-state index contributed by atoms with van der Waals surface area (Å²) in [6.07, 6.45) is 0. The Balaban J connectivity index is 0.00000112. The minimum Gasteiger partial charge on any atom is -1.00 e. The number of hydrogen-bond donors (Lipinski definition) is 1. The summed E-state index contributed by atoms with van der Waals surface area (Å²) in [4.78, 5) is 0. The van der Waals surface area contributed by atoms with Gasteiger partial charge in [-0.25, -0.2) is 0 Å². The quantitative estimate of drug-likeness (QED) is 0.739. The summed E-state index contributed by atoms with van der Waals surface area (Å²) >= 11 is 0. The van der Waals surface area contributed by atoms with Crippen molar-refractivity contribution >= 4 is 0 Å². The molecular weight excluding hydrogens is 206 g/mol. The van der Waals surface area contributed by atoms with E-state index >= 15 is 0 Å². The average Bonchev–Trinajstić information content (AvgIpc) is 2.30. The fourth-order valence-electron chi connectivity index (χ4n) is 1.51. The lowest BCUT2D eigenvalue weighted by Crippen LogP contribution is -3.00. The molecule has 0 unspecified atom stereocenters. The Bertz CT molecular complexity index is 346. The van der Waals surface area contributed by atoms with Gasteiger partial charge in [0.25, 0.3) is 0 Å². The van der Waals surface area contributed by atoms with Gasteiger partial charge >= 0.3 is 0 Å². The van der Waals surface area contributed by atoms with E-state index in [9.17, 15) is 0 Å². The molecule has 15 heavy (non-hydrogen) atoms. The molecule has 0 spiro atoms. The van der Waals surface area contributed by atoms with Crippen molar-refractivity contribution in [3.8, 4) is 0 Å². The van der Waals surface area contributed by atoms with Gasteiger partial charge in [-0.3, -0.25) is 0 Å². The van der Waals surface area contributed by atoms with Crippen LogP contribution >= 0.6 is 0 Å². The van der Waals surface area contributed by atoms with Gasteiger partial charge in [-0.15, -0.1) is 0 Å². The first-order valence-corrected chi connectivity index (χ1v) is 4.73. The van der Waals surface area contributed by atoms with Gasteiger partial charge < -0.3 is 18.1 Å². The highest BCUT2D eigenvalue weighted by atomic mass is 35.5. The number of halogens is 1. The maximum Gasteiger partial charge on any atom is 0.0551 e. The molecule has 0 radical (unpaired) electrons. The van der Waals surface area contributed by atoms with E-state index in [1.807, 2.05) is 36.4 Å². The maximum absolute atomic E-state index is 6.12. The Labute approximate surface area is 96.3 Å². The van der Waals surface area contributed by atoms with Crippen molar-refractivity contribution in [3.63, 3.8) is 0 Å². The fraction of sp³-hybridized carbons (Fsp3) is 0.0769. The standard InChI is InChI=1S/C13H13N.ClH/c14-13(11-7-3-1-4-8-11)12-9-5-2-6-10-12;/h1-10,13H,14H2;1H/p-1. The Morgan fingerprint density at radius 3 is 1.33 bits per heavy atom. The lowest BCUT2D eigenvalue weighted by atomic mass is 10.00. The Morgan fingerprint density at radius 1 is 0.667 bits per heavy atom. The van der Waals surface area contributed by atoms with E-state index < -0.39 is 0 Å². The fourth-order valence-corrected chi connectivity index (χ4v) is 1.51. The zero-order valence-electron chi connectivity index (χ0n) is 8.31. The van der Waals surface area contributed by atoms with Crippen LogP contribution in [0.5, 0.6) is 0 Å². The highest BCUT2D eigenvalue weighted by Gasteiger charge is 2.06. The first-order valence-electron chi connectivity index (χ1n) is 4.73. The molecule has 78 valence electrons. The molecule has 0 bridgehead atoms. The molecule has 1 nitrogen and oxygen atoms in total. The van der Waals surface area contributed by atoms with E-state index in [1.54, 1.807) is 0 Å². The summed E-state index contributed by atoms with van der Waals surface area (Å²) in [6.45, 7) is 0. The number of hydrogen-bond acceptors (Lipinski definition) is 1.